The van der Waals surface area contributed by atoms with Gasteiger partial charge in [-0.25, -0.2) is 0 Å². The summed E-state index contributed by atoms with van der Waals surface area (Å²) in [4.78, 5) is 0. The van der Waals surface area contributed by atoms with Gasteiger partial charge in [0.2, 0.25) is 0 Å². The van der Waals surface area contributed by atoms with Crippen LogP contribution in [0.2, 0.25) is 0 Å². The van der Waals surface area contributed by atoms with Crippen LogP contribution in [0.1, 0.15) is 33.6 Å². The Bertz CT molecular complexity index is 132. The van der Waals surface area contributed by atoms with Gasteiger partial charge in [0.05, 0.1) is 5.60 Å². The van der Waals surface area contributed by atoms with Crippen LogP contribution in [-0.4, -0.2) is 23.3 Å². The molecule has 0 aromatic carbocycles. The topological polar surface area (TPSA) is 32.3 Å². The van der Waals surface area contributed by atoms with E-state index in [-0.39, 0.29) is 6.04 Å². The van der Waals surface area contributed by atoms with E-state index in [0.29, 0.717) is 0 Å². The van der Waals surface area contributed by atoms with Crippen molar-refractivity contribution in [1.82, 2.24) is 5.32 Å². The van der Waals surface area contributed by atoms with E-state index in [2.05, 4.69) is 11.9 Å². The molecule has 0 rings (SSSR count). The summed E-state index contributed by atoms with van der Waals surface area (Å²) in [6.07, 6.45) is 3.47. The molecule has 0 aliphatic heterocycles. The van der Waals surface area contributed by atoms with E-state index in [1.807, 2.05) is 26.8 Å². The summed E-state index contributed by atoms with van der Waals surface area (Å²) in [6.45, 7) is 10.4. The van der Waals surface area contributed by atoms with Crippen LogP contribution in [-0.2, 0) is 0 Å². The van der Waals surface area contributed by atoms with Crippen molar-refractivity contribution in [1.29, 1.82) is 0 Å². The summed E-state index contributed by atoms with van der Waals surface area (Å²) in [7, 11) is 0. The summed E-state index contributed by atoms with van der Waals surface area (Å²) in [6, 6.07) is 0.141. The minimum atomic E-state index is -0.621. The fourth-order valence-electron chi connectivity index (χ4n) is 1.14. The Morgan fingerprint density at radius 2 is 2.25 bits per heavy atom. The predicted octanol–water partition coefficient (Wildman–Crippen LogP) is 1.70. The first-order chi connectivity index (χ1) is 5.54. The van der Waals surface area contributed by atoms with Crippen molar-refractivity contribution < 1.29 is 5.11 Å². The van der Waals surface area contributed by atoms with Crippen molar-refractivity contribution >= 4 is 0 Å². The molecule has 0 amide bonds. The first-order valence-electron chi connectivity index (χ1n) is 4.61. The van der Waals surface area contributed by atoms with E-state index < -0.39 is 5.60 Å². The monoisotopic (exact) mass is 171 g/mol. The average molecular weight is 171 g/mol. The van der Waals surface area contributed by atoms with Crippen molar-refractivity contribution in [3.05, 3.63) is 12.7 Å². The zero-order valence-electron chi connectivity index (χ0n) is 8.43. The molecule has 2 heteroatoms. The second kappa shape index (κ2) is 5.33. The van der Waals surface area contributed by atoms with Gasteiger partial charge >= 0.3 is 0 Å². The predicted molar refractivity (Wildman–Crippen MR) is 53.2 cm³/mol. The minimum Gasteiger partial charge on any atom is -0.389 e. The highest BCUT2D eigenvalue weighted by molar-refractivity contribution is 4.86. The van der Waals surface area contributed by atoms with Gasteiger partial charge in [-0.15, -0.1) is 6.58 Å². The lowest BCUT2D eigenvalue weighted by atomic mass is 9.92. The first kappa shape index (κ1) is 11.7. The molecule has 0 aromatic heterocycles. The number of hydrogen-bond acceptors (Lipinski definition) is 2. The maximum Gasteiger partial charge on any atom is 0.0772 e. The molecule has 72 valence electrons. The Morgan fingerprint density at radius 3 is 2.67 bits per heavy atom. The fraction of sp³-hybridized carbons (Fsp3) is 0.800. The molecule has 0 saturated heterocycles. The summed E-state index contributed by atoms with van der Waals surface area (Å²) in [5.41, 5.74) is -0.621. The van der Waals surface area contributed by atoms with Gasteiger partial charge in [0.15, 0.2) is 0 Å². The molecule has 0 aliphatic carbocycles. The second-order valence-corrected chi connectivity index (χ2v) is 3.46. The van der Waals surface area contributed by atoms with Gasteiger partial charge in [-0.1, -0.05) is 13.0 Å². The SMILES string of the molecule is C=CCCC(C)(O)C(C)NCC. The number of aliphatic hydroxyl groups is 1. The van der Waals surface area contributed by atoms with Gasteiger partial charge in [-0.3, -0.25) is 0 Å². The quantitative estimate of drug-likeness (QED) is 0.596. The Kier molecular flexibility index (Phi) is 5.18. The van der Waals surface area contributed by atoms with E-state index in [4.69, 9.17) is 0 Å². The molecule has 0 spiro atoms. The lowest BCUT2D eigenvalue weighted by Gasteiger charge is -2.30. The van der Waals surface area contributed by atoms with Gasteiger partial charge in [-0.05, 0) is 33.2 Å². The molecule has 2 N–H and O–H groups in total. The van der Waals surface area contributed by atoms with Crippen LogP contribution in [0, 0.1) is 0 Å². The lowest BCUT2D eigenvalue weighted by Crippen LogP contribution is -2.46. The molecule has 0 aromatic rings. The number of likely N-dealkylation sites (N-methyl/N-ethyl adjacent to an activating group) is 1. The van der Waals surface area contributed by atoms with Crippen LogP contribution in [0.15, 0.2) is 12.7 Å². The third-order valence-corrected chi connectivity index (χ3v) is 2.30. The molecule has 12 heavy (non-hydrogen) atoms. The molecular formula is C10H21NO. The van der Waals surface area contributed by atoms with Crippen molar-refractivity contribution in [2.75, 3.05) is 6.54 Å². The smallest absolute Gasteiger partial charge is 0.0772 e. The molecule has 2 atom stereocenters. The maximum absolute atomic E-state index is 9.93. The largest absolute Gasteiger partial charge is 0.389 e. The number of nitrogens with one attached hydrogen (secondary N) is 1. The third-order valence-electron chi connectivity index (χ3n) is 2.30. The fourth-order valence-corrected chi connectivity index (χ4v) is 1.14. The second-order valence-electron chi connectivity index (χ2n) is 3.46. The van der Waals surface area contributed by atoms with Gasteiger partial charge in [0, 0.05) is 6.04 Å². The third kappa shape index (κ3) is 3.88. The van der Waals surface area contributed by atoms with Gasteiger partial charge in [0.1, 0.15) is 0 Å². The molecule has 0 radical (unpaired) electrons. The average Bonchev–Trinajstić information content (AvgIpc) is 2.01. The lowest BCUT2D eigenvalue weighted by molar-refractivity contribution is 0.0188. The summed E-state index contributed by atoms with van der Waals surface area (Å²) >= 11 is 0. The van der Waals surface area contributed by atoms with Crippen LogP contribution in [0.25, 0.3) is 0 Å². The molecule has 2 unspecified atom stereocenters. The highest BCUT2D eigenvalue weighted by Gasteiger charge is 2.26. The maximum atomic E-state index is 9.93. The Balaban J connectivity index is 3.89. The first-order valence-corrected chi connectivity index (χ1v) is 4.61. The van der Waals surface area contributed by atoms with E-state index in [1.54, 1.807) is 0 Å². The Hall–Kier alpha value is -0.340. The van der Waals surface area contributed by atoms with Crippen molar-refractivity contribution in [2.45, 2.75) is 45.3 Å². The van der Waals surface area contributed by atoms with Crippen molar-refractivity contribution in [3.63, 3.8) is 0 Å². The molecule has 0 heterocycles. The Morgan fingerprint density at radius 1 is 1.67 bits per heavy atom. The van der Waals surface area contributed by atoms with E-state index in [9.17, 15) is 5.11 Å². The van der Waals surface area contributed by atoms with Gasteiger partial charge < -0.3 is 10.4 Å². The summed E-state index contributed by atoms with van der Waals surface area (Å²) in [5, 5.41) is 13.1. The number of hydrogen-bond donors (Lipinski definition) is 2. The van der Waals surface area contributed by atoms with Crippen LogP contribution < -0.4 is 5.32 Å². The van der Waals surface area contributed by atoms with Gasteiger partial charge in [-0.2, -0.15) is 0 Å². The van der Waals surface area contributed by atoms with Crippen LogP contribution in [0.5, 0.6) is 0 Å². The number of allylic oxidation sites excluding steroid dienone is 1. The summed E-state index contributed by atoms with van der Waals surface area (Å²) in [5.74, 6) is 0. The molecule has 0 bridgehead atoms. The molecule has 2 nitrogen and oxygen atoms in total. The van der Waals surface area contributed by atoms with Gasteiger partial charge in [0.25, 0.3) is 0 Å². The minimum absolute atomic E-state index is 0.141. The highest BCUT2D eigenvalue weighted by Crippen LogP contribution is 2.16. The molecule has 0 aliphatic rings. The Labute approximate surface area is 75.7 Å². The van der Waals surface area contributed by atoms with Crippen molar-refractivity contribution in [3.8, 4) is 0 Å². The van der Waals surface area contributed by atoms with Crippen molar-refractivity contribution in [2.24, 2.45) is 0 Å². The van der Waals surface area contributed by atoms with Crippen LogP contribution >= 0.6 is 0 Å². The van der Waals surface area contributed by atoms with E-state index in [0.717, 1.165) is 19.4 Å². The van der Waals surface area contributed by atoms with E-state index >= 15 is 0 Å². The number of rotatable bonds is 6. The van der Waals surface area contributed by atoms with E-state index in [1.165, 1.54) is 0 Å². The zero-order valence-corrected chi connectivity index (χ0v) is 8.43. The zero-order chi connectivity index (χ0) is 9.61. The molecule has 0 fully saturated rings. The standard InChI is InChI=1S/C10H21NO/c1-5-7-8-10(4,12)9(3)11-6-2/h5,9,11-12H,1,6-8H2,2-4H3. The van der Waals surface area contributed by atoms with Crippen LogP contribution in [0.4, 0.5) is 0 Å². The summed E-state index contributed by atoms with van der Waals surface area (Å²) < 4.78 is 0. The molecule has 0 saturated carbocycles. The normalized spacial score (nSPS) is 18.3. The molecular weight excluding hydrogens is 150 g/mol. The highest BCUT2D eigenvalue weighted by atomic mass is 16.3. The van der Waals surface area contributed by atoms with Crippen LogP contribution in [0.3, 0.4) is 0 Å².